The fourth-order valence-corrected chi connectivity index (χ4v) is 3.87. The molecule has 4 atom stereocenters. The largest absolute Gasteiger partial charge is 0.388 e. The average Bonchev–Trinajstić information content (AvgIpc) is 2.87. The maximum absolute atomic E-state index is 13.1. The maximum Gasteiger partial charge on any atom is 0.251 e. The van der Waals surface area contributed by atoms with Gasteiger partial charge >= 0.3 is 0 Å². The maximum atomic E-state index is 13.1. The number of hydrogen-bond donors (Lipinski definition) is 4. The molecule has 0 bridgehead atoms. The standard InChI is InChI=1S/C26H37N3O6/c1-4-13-29(14-5-2)22(31)16-18-7-6-8-20(15-18)26(34)28-23(25(33)21(30)17-35-3)24(32)19-9-11-27-12-10-19/h6-12,15,21,23-25,30,32-33H,4-5,13-14,16-17H2,1-3H3,(H,28,34). The smallest absolute Gasteiger partial charge is 0.251 e. The van der Waals surface area contributed by atoms with Crippen molar-refractivity contribution in [2.75, 3.05) is 26.8 Å². The zero-order valence-electron chi connectivity index (χ0n) is 20.6. The van der Waals surface area contributed by atoms with Crippen LogP contribution in [0.3, 0.4) is 0 Å². The van der Waals surface area contributed by atoms with Gasteiger partial charge in [-0.2, -0.15) is 0 Å². The topological polar surface area (TPSA) is 132 Å². The summed E-state index contributed by atoms with van der Waals surface area (Å²) in [5, 5.41) is 34.5. The van der Waals surface area contributed by atoms with E-state index in [2.05, 4.69) is 10.3 Å². The van der Waals surface area contributed by atoms with E-state index in [0.717, 1.165) is 12.8 Å². The number of ether oxygens (including phenoxy) is 1. The molecule has 0 aliphatic heterocycles. The average molecular weight is 488 g/mol. The van der Waals surface area contributed by atoms with E-state index in [0.29, 0.717) is 24.2 Å². The molecule has 9 nitrogen and oxygen atoms in total. The Labute approximate surface area is 206 Å². The number of aliphatic hydroxyl groups excluding tert-OH is 3. The van der Waals surface area contributed by atoms with Gasteiger partial charge in [0.2, 0.25) is 5.91 Å². The molecule has 0 saturated heterocycles. The summed E-state index contributed by atoms with van der Waals surface area (Å²) in [5.41, 5.74) is 1.37. The van der Waals surface area contributed by atoms with E-state index >= 15 is 0 Å². The van der Waals surface area contributed by atoms with Crippen molar-refractivity contribution >= 4 is 11.8 Å². The minimum absolute atomic E-state index is 0.00430. The van der Waals surface area contributed by atoms with E-state index in [1.807, 2.05) is 18.7 Å². The summed E-state index contributed by atoms with van der Waals surface area (Å²) in [4.78, 5) is 31.6. The molecule has 2 amide bonds. The van der Waals surface area contributed by atoms with Crippen molar-refractivity contribution in [2.24, 2.45) is 0 Å². The molecule has 1 aromatic carbocycles. The van der Waals surface area contributed by atoms with Crippen LogP contribution < -0.4 is 5.32 Å². The molecule has 0 saturated carbocycles. The summed E-state index contributed by atoms with van der Waals surface area (Å²) >= 11 is 0. The number of aliphatic hydroxyl groups is 3. The van der Waals surface area contributed by atoms with Crippen LogP contribution in [0.15, 0.2) is 48.8 Å². The number of amides is 2. The lowest BCUT2D eigenvalue weighted by Gasteiger charge is -2.31. The highest BCUT2D eigenvalue weighted by Gasteiger charge is 2.34. The van der Waals surface area contributed by atoms with E-state index in [4.69, 9.17) is 4.74 Å². The van der Waals surface area contributed by atoms with E-state index in [-0.39, 0.29) is 24.5 Å². The van der Waals surface area contributed by atoms with Crippen LogP contribution in [0.2, 0.25) is 0 Å². The van der Waals surface area contributed by atoms with Crippen molar-refractivity contribution in [1.82, 2.24) is 15.2 Å². The van der Waals surface area contributed by atoms with Crippen LogP contribution in [0.4, 0.5) is 0 Å². The molecule has 0 radical (unpaired) electrons. The fraction of sp³-hybridized carbons (Fsp3) is 0.500. The summed E-state index contributed by atoms with van der Waals surface area (Å²) in [6.07, 6.45) is 0.702. The summed E-state index contributed by atoms with van der Waals surface area (Å²) in [6, 6.07) is 8.57. The Balaban J connectivity index is 2.22. The fourth-order valence-electron chi connectivity index (χ4n) is 3.87. The number of benzene rings is 1. The number of hydrogen-bond acceptors (Lipinski definition) is 7. The number of carbonyl (C=O) groups excluding carboxylic acids is 2. The molecule has 2 aromatic rings. The summed E-state index contributed by atoms with van der Waals surface area (Å²) in [6.45, 7) is 5.23. The molecule has 9 heteroatoms. The first-order valence-corrected chi connectivity index (χ1v) is 11.9. The Morgan fingerprint density at radius 2 is 1.71 bits per heavy atom. The van der Waals surface area contributed by atoms with Crippen LogP contribution in [0.25, 0.3) is 0 Å². The highest BCUT2D eigenvalue weighted by molar-refractivity contribution is 5.95. The molecular weight excluding hydrogens is 450 g/mol. The molecule has 0 fully saturated rings. The van der Waals surface area contributed by atoms with E-state index < -0.39 is 30.3 Å². The van der Waals surface area contributed by atoms with Crippen LogP contribution in [0.1, 0.15) is 54.3 Å². The number of nitrogens with zero attached hydrogens (tertiary/aromatic N) is 2. The van der Waals surface area contributed by atoms with Crippen molar-refractivity contribution in [2.45, 2.75) is 57.5 Å². The minimum Gasteiger partial charge on any atom is -0.388 e. The summed E-state index contributed by atoms with van der Waals surface area (Å²) < 4.78 is 4.91. The molecule has 192 valence electrons. The Morgan fingerprint density at radius 1 is 1.06 bits per heavy atom. The third-order valence-electron chi connectivity index (χ3n) is 5.67. The molecule has 4 unspecified atom stereocenters. The Kier molecular flexibility index (Phi) is 11.8. The highest BCUT2D eigenvalue weighted by atomic mass is 16.5. The van der Waals surface area contributed by atoms with Gasteiger partial charge in [0.25, 0.3) is 5.91 Å². The number of aromatic nitrogens is 1. The molecule has 1 aromatic heterocycles. The van der Waals surface area contributed by atoms with Crippen molar-refractivity contribution in [3.8, 4) is 0 Å². The van der Waals surface area contributed by atoms with Crippen molar-refractivity contribution in [3.63, 3.8) is 0 Å². The SMILES string of the molecule is CCCN(CCC)C(=O)Cc1cccc(C(=O)NC(C(O)c2ccncc2)C(O)C(O)COC)c1. The van der Waals surface area contributed by atoms with Gasteiger partial charge < -0.3 is 30.3 Å². The molecule has 1 heterocycles. The van der Waals surface area contributed by atoms with Gasteiger partial charge in [-0.1, -0.05) is 26.0 Å². The number of rotatable bonds is 14. The number of nitrogens with one attached hydrogen (secondary N) is 1. The quantitative estimate of drug-likeness (QED) is 0.317. The first-order valence-electron chi connectivity index (χ1n) is 11.9. The first kappa shape index (κ1) is 28.4. The molecule has 0 aliphatic carbocycles. The molecule has 35 heavy (non-hydrogen) atoms. The second-order valence-electron chi connectivity index (χ2n) is 8.50. The lowest BCUT2D eigenvalue weighted by Crippen LogP contribution is -2.52. The van der Waals surface area contributed by atoms with Gasteiger partial charge in [0.05, 0.1) is 19.1 Å². The van der Waals surface area contributed by atoms with Gasteiger partial charge in [-0.15, -0.1) is 0 Å². The number of carbonyl (C=O) groups is 2. The number of methoxy groups -OCH3 is 1. The predicted molar refractivity (Wildman–Crippen MR) is 132 cm³/mol. The van der Waals surface area contributed by atoms with E-state index in [1.165, 1.54) is 19.5 Å². The highest BCUT2D eigenvalue weighted by Crippen LogP contribution is 2.21. The van der Waals surface area contributed by atoms with Crippen LogP contribution in [-0.2, 0) is 16.0 Å². The zero-order chi connectivity index (χ0) is 25.8. The van der Waals surface area contributed by atoms with Crippen LogP contribution in [0.5, 0.6) is 0 Å². The molecule has 0 aliphatic rings. The van der Waals surface area contributed by atoms with Crippen LogP contribution >= 0.6 is 0 Å². The molecule has 0 spiro atoms. The molecule has 4 N–H and O–H groups in total. The third kappa shape index (κ3) is 8.40. The minimum atomic E-state index is -1.51. The molecular formula is C26H37N3O6. The van der Waals surface area contributed by atoms with Gasteiger partial charge in [-0.25, -0.2) is 0 Å². The van der Waals surface area contributed by atoms with E-state index in [1.54, 1.807) is 36.4 Å². The second-order valence-corrected chi connectivity index (χ2v) is 8.50. The Morgan fingerprint density at radius 3 is 2.31 bits per heavy atom. The van der Waals surface area contributed by atoms with Crippen molar-refractivity contribution < 1.29 is 29.6 Å². The lowest BCUT2D eigenvalue weighted by atomic mass is 9.95. The van der Waals surface area contributed by atoms with Gasteiger partial charge in [-0.3, -0.25) is 14.6 Å². The van der Waals surface area contributed by atoms with Gasteiger partial charge in [0, 0.05) is 38.2 Å². The van der Waals surface area contributed by atoms with Crippen LogP contribution in [0, 0.1) is 0 Å². The lowest BCUT2D eigenvalue weighted by molar-refractivity contribution is -0.130. The Hall–Kier alpha value is -2.85. The predicted octanol–water partition coefficient (Wildman–Crippen LogP) is 1.47. The van der Waals surface area contributed by atoms with E-state index in [9.17, 15) is 24.9 Å². The monoisotopic (exact) mass is 487 g/mol. The number of pyridine rings is 1. The second kappa shape index (κ2) is 14.5. The summed E-state index contributed by atoms with van der Waals surface area (Å²) in [5.74, 6) is -0.560. The van der Waals surface area contributed by atoms with Crippen molar-refractivity contribution in [3.05, 3.63) is 65.5 Å². The van der Waals surface area contributed by atoms with Crippen LogP contribution in [-0.4, -0.2) is 82.1 Å². The Bertz CT molecular complexity index is 920. The van der Waals surface area contributed by atoms with Crippen molar-refractivity contribution in [1.29, 1.82) is 0 Å². The van der Waals surface area contributed by atoms with Gasteiger partial charge in [0.15, 0.2) is 0 Å². The van der Waals surface area contributed by atoms with Gasteiger partial charge in [-0.05, 0) is 48.2 Å². The molecule has 2 rings (SSSR count). The third-order valence-corrected chi connectivity index (χ3v) is 5.67. The summed E-state index contributed by atoms with van der Waals surface area (Å²) in [7, 11) is 1.37. The van der Waals surface area contributed by atoms with Gasteiger partial charge in [0.1, 0.15) is 18.3 Å². The first-order chi connectivity index (χ1) is 16.8. The normalized spacial score (nSPS) is 14.6. The zero-order valence-corrected chi connectivity index (χ0v) is 20.6.